The number of rotatable bonds is 17. The summed E-state index contributed by atoms with van der Waals surface area (Å²) in [5, 5.41) is 38.7. The molecule has 0 radical (unpaired) electrons. The van der Waals surface area contributed by atoms with Gasteiger partial charge in [-0.05, 0) is 12.8 Å². The number of ether oxygens (including phenoxy) is 1. The van der Waals surface area contributed by atoms with Crippen LogP contribution in [0.3, 0.4) is 0 Å². The van der Waals surface area contributed by atoms with Crippen LogP contribution in [0.5, 0.6) is 0 Å². The molecule has 1 heterocycles. The number of aliphatic hydroxyl groups is 4. The Hall–Kier alpha value is -1.27. The topological polar surface area (TPSA) is 107 Å². The molecule has 0 aromatic carbocycles. The Morgan fingerprint density at radius 2 is 1.25 bits per heavy atom. The van der Waals surface area contributed by atoms with Crippen molar-refractivity contribution in [2.45, 2.75) is 115 Å². The normalized spacial score (nSPS) is 20.6. The summed E-state index contributed by atoms with van der Waals surface area (Å²) < 4.78 is 5.02. The van der Waals surface area contributed by atoms with E-state index in [9.17, 15) is 25.2 Å². The maximum absolute atomic E-state index is 11.5. The highest BCUT2D eigenvalue weighted by atomic mass is 16.6. The zero-order chi connectivity index (χ0) is 20.8. The molecule has 1 aliphatic heterocycles. The van der Waals surface area contributed by atoms with Gasteiger partial charge in [0.05, 0.1) is 6.61 Å². The Balaban J connectivity index is 2.09. The van der Waals surface area contributed by atoms with Gasteiger partial charge in [-0.25, -0.2) is 4.79 Å². The van der Waals surface area contributed by atoms with Crippen LogP contribution in [0.1, 0.15) is 103 Å². The zero-order valence-corrected chi connectivity index (χ0v) is 17.5. The van der Waals surface area contributed by atoms with Crippen LogP contribution in [-0.2, 0) is 9.53 Å². The lowest BCUT2D eigenvalue weighted by Gasteiger charge is -2.31. The predicted molar refractivity (Wildman–Crippen MR) is 109 cm³/mol. The molecule has 0 aromatic rings. The average molecular weight is 401 g/mol. The Morgan fingerprint density at radius 3 is 1.61 bits per heavy atom. The van der Waals surface area contributed by atoms with Gasteiger partial charge in [0.1, 0.15) is 6.10 Å². The van der Waals surface area contributed by atoms with E-state index >= 15 is 0 Å². The SMILES string of the molecule is CCCCCCCCCCCCCCCCC1(C(O)CO)OC(=O)C(O)=C1O. The van der Waals surface area contributed by atoms with Gasteiger partial charge in [-0.2, -0.15) is 0 Å². The first-order chi connectivity index (χ1) is 13.5. The number of unbranched alkanes of at least 4 members (excludes halogenated alkanes) is 13. The standard InChI is InChI=1S/C22H40O6/c1-2-3-4-5-6-7-8-9-10-11-12-13-14-15-16-22(18(24)17-23)20(26)19(25)21(27)28-22/h18,23-26H,2-17H2,1H3. The summed E-state index contributed by atoms with van der Waals surface area (Å²) in [6, 6.07) is 0. The fourth-order valence-electron chi connectivity index (χ4n) is 3.85. The molecule has 0 fully saturated rings. The molecule has 0 spiro atoms. The number of carbonyl (C=O) groups is 1. The van der Waals surface area contributed by atoms with Crippen molar-refractivity contribution in [2.24, 2.45) is 0 Å². The number of cyclic esters (lactones) is 1. The van der Waals surface area contributed by atoms with Gasteiger partial charge in [0.2, 0.25) is 11.4 Å². The first kappa shape index (κ1) is 24.8. The molecule has 6 heteroatoms. The molecule has 0 bridgehead atoms. The third-order valence-corrected chi connectivity index (χ3v) is 5.71. The van der Waals surface area contributed by atoms with Gasteiger partial charge in [-0.3, -0.25) is 0 Å². The number of hydrogen-bond donors (Lipinski definition) is 4. The van der Waals surface area contributed by atoms with E-state index in [0.717, 1.165) is 19.3 Å². The van der Waals surface area contributed by atoms with Crippen molar-refractivity contribution in [3.8, 4) is 0 Å². The molecule has 28 heavy (non-hydrogen) atoms. The van der Waals surface area contributed by atoms with Gasteiger partial charge in [0, 0.05) is 0 Å². The van der Waals surface area contributed by atoms with Crippen LogP contribution in [0.15, 0.2) is 11.5 Å². The highest BCUT2D eigenvalue weighted by Crippen LogP contribution is 2.37. The van der Waals surface area contributed by atoms with Crippen molar-refractivity contribution in [3.05, 3.63) is 11.5 Å². The number of esters is 1. The first-order valence-corrected chi connectivity index (χ1v) is 11.1. The molecule has 6 nitrogen and oxygen atoms in total. The molecule has 4 N–H and O–H groups in total. The largest absolute Gasteiger partial charge is 0.505 e. The van der Waals surface area contributed by atoms with Gasteiger partial charge in [-0.15, -0.1) is 0 Å². The van der Waals surface area contributed by atoms with E-state index in [2.05, 4.69) is 6.92 Å². The van der Waals surface area contributed by atoms with E-state index < -0.39 is 35.8 Å². The van der Waals surface area contributed by atoms with Crippen molar-refractivity contribution in [2.75, 3.05) is 6.61 Å². The monoisotopic (exact) mass is 400 g/mol. The minimum atomic E-state index is -1.72. The van der Waals surface area contributed by atoms with Gasteiger partial charge >= 0.3 is 5.97 Å². The average Bonchev–Trinajstić information content (AvgIpc) is 2.92. The van der Waals surface area contributed by atoms with E-state index in [0.29, 0.717) is 6.42 Å². The summed E-state index contributed by atoms with van der Waals surface area (Å²) in [5.41, 5.74) is -1.72. The molecule has 0 saturated heterocycles. The van der Waals surface area contributed by atoms with E-state index in [4.69, 9.17) is 4.74 Å². The van der Waals surface area contributed by atoms with Crippen molar-refractivity contribution in [1.82, 2.24) is 0 Å². The number of aliphatic hydroxyl groups excluding tert-OH is 4. The van der Waals surface area contributed by atoms with Crippen LogP contribution in [0.2, 0.25) is 0 Å². The molecule has 1 aliphatic rings. The van der Waals surface area contributed by atoms with Crippen molar-refractivity contribution >= 4 is 5.97 Å². The van der Waals surface area contributed by atoms with Crippen LogP contribution in [0.4, 0.5) is 0 Å². The second kappa shape index (κ2) is 13.8. The minimum Gasteiger partial charge on any atom is -0.505 e. The van der Waals surface area contributed by atoms with Gasteiger partial charge < -0.3 is 25.2 Å². The van der Waals surface area contributed by atoms with Crippen LogP contribution >= 0.6 is 0 Å². The molecule has 0 saturated carbocycles. The quantitative estimate of drug-likeness (QED) is 0.206. The van der Waals surface area contributed by atoms with Gasteiger partial charge in [-0.1, -0.05) is 90.4 Å². The molecular formula is C22H40O6. The maximum atomic E-state index is 11.5. The Labute approximate surface area is 169 Å². The Morgan fingerprint density at radius 1 is 0.821 bits per heavy atom. The third-order valence-electron chi connectivity index (χ3n) is 5.71. The number of hydrogen-bond acceptors (Lipinski definition) is 6. The molecule has 0 aromatic heterocycles. The molecular weight excluding hydrogens is 360 g/mol. The Bertz CT molecular complexity index is 476. The van der Waals surface area contributed by atoms with Gasteiger partial charge in [0.25, 0.3) is 0 Å². The predicted octanol–water partition coefficient (Wildman–Crippen LogP) is 4.83. The molecule has 2 atom stereocenters. The lowest BCUT2D eigenvalue weighted by Crippen LogP contribution is -2.47. The maximum Gasteiger partial charge on any atom is 0.378 e. The molecule has 2 unspecified atom stereocenters. The van der Waals surface area contributed by atoms with Crippen LogP contribution < -0.4 is 0 Å². The zero-order valence-electron chi connectivity index (χ0n) is 17.5. The molecule has 1 rings (SSSR count). The lowest BCUT2D eigenvalue weighted by molar-refractivity contribution is -0.165. The summed E-state index contributed by atoms with van der Waals surface area (Å²) >= 11 is 0. The highest BCUT2D eigenvalue weighted by molar-refractivity contribution is 5.90. The van der Waals surface area contributed by atoms with E-state index in [1.807, 2.05) is 0 Å². The summed E-state index contributed by atoms with van der Waals surface area (Å²) in [4.78, 5) is 11.5. The fourth-order valence-corrected chi connectivity index (χ4v) is 3.85. The van der Waals surface area contributed by atoms with Crippen LogP contribution in [0.25, 0.3) is 0 Å². The second-order valence-electron chi connectivity index (χ2n) is 8.02. The summed E-state index contributed by atoms with van der Waals surface area (Å²) in [5.74, 6) is -2.61. The van der Waals surface area contributed by atoms with Crippen molar-refractivity contribution in [1.29, 1.82) is 0 Å². The fraction of sp³-hybridized carbons (Fsp3) is 0.864. The Kier molecular flexibility index (Phi) is 12.2. The molecule has 0 aliphatic carbocycles. The second-order valence-corrected chi connectivity index (χ2v) is 8.02. The third kappa shape index (κ3) is 7.63. The molecule has 0 amide bonds. The van der Waals surface area contributed by atoms with Crippen LogP contribution in [-0.4, -0.2) is 44.7 Å². The van der Waals surface area contributed by atoms with E-state index in [1.165, 1.54) is 64.2 Å². The van der Waals surface area contributed by atoms with E-state index in [1.54, 1.807) is 0 Å². The van der Waals surface area contributed by atoms with Crippen LogP contribution in [0, 0.1) is 0 Å². The smallest absolute Gasteiger partial charge is 0.378 e. The minimum absolute atomic E-state index is 0.175. The van der Waals surface area contributed by atoms with Crippen molar-refractivity contribution in [3.63, 3.8) is 0 Å². The van der Waals surface area contributed by atoms with E-state index in [-0.39, 0.29) is 6.42 Å². The summed E-state index contributed by atoms with van der Waals surface area (Å²) in [7, 11) is 0. The summed E-state index contributed by atoms with van der Waals surface area (Å²) in [6.07, 6.45) is 15.6. The van der Waals surface area contributed by atoms with Crippen molar-refractivity contribution < 1.29 is 30.0 Å². The highest BCUT2D eigenvalue weighted by Gasteiger charge is 2.53. The molecule has 164 valence electrons. The van der Waals surface area contributed by atoms with Gasteiger partial charge in [0.15, 0.2) is 5.76 Å². The lowest BCUT2D eigenvalue weighted by atomic mass is 9.88. The summed E-state index contributed by atoms with van der Waals surface area (Å²) in [6.45, 7) is 1.58. The number of carbonyl (C=O) groups excluding carboxylic acids is 1. The first-order valence-electron chi connectivity index (χ1n) is 11.1.